The highest BCUT2D eigenvalue weighted by Crippen LogP contribution is 2.25. The number of aryl methyl sites for hydroxylation is 1. The molecule has 0 bridgehead atoms. The number of benzene rings is 2. The fraction of sp³-hybridized carbons (Fsp3) is 0.300. The molecule has 0 radical (unpaired) electrons. The van der Waals surface area contributed by atoms with Crippen molar-refractivity contribution in [2.75, 3.05) is 12.4 Å². The van der Waals surface area contributed by atoms with Crippen molar-refractivity contribution in [3.05, 3.63) is 59.1 Å². The maximum Gasteiger partial charge on any atom is 0.227 e. The lowest BCUT2D eigenvalue weighted by Crippen LogP contribution is -2.28. The van der Waals surface area contributed by atoms with Crippen molar-refractivity contribution in [3.63, 3.8) is 0 Å². The minimum atomic E-state index is -0.514. The lowest BCUT2D eigenvalue weighted by Gasteiger charge is -2.20. The predicted molar refractivity (Wildman–Crippen MR) is 106 cm³/mol. The Hall–Kier alpha value is -2.44. The molecule has 3 aromatic rings. The van der Waals surface area contributed by atoms with Gasteiger partial charge in [-0.1, -0.05) is 30.7 Å². The number of fused-ring (bicyclic) bond motifs is 1. The van der Waals surface area contributed by atoms with Crippen LogP contribution in [0.3, 0.4) is 0 Å². The highest BCUT2D eigenvalue weighted by Gasteiger charge is 2.23. The molecule has 1 heterocycles. The molecular weight excluding hydrogens is 367 g/mol. The third kappa shape index (κ3) is 4.12. The van der Waals surface area contributed by atoms with Gasteiger partial charge in [-0.2, -0.15) is 0 Å². The fourth-order valence-electron chi connectivity index (χ4n) is 3.13. The molecule has 0 saturated carbocycles. The van der Waals surface area contributed by atoms with Crippen molar-refractivity contribution in [1.82, 2.24) is 14.9 Å². The molecule has 1 amide bonds. The Labute approximate surface area is 162 Å². The van der Waals surface area contributed by atoms with E-state index in [-0.39, 0.29) is 22.9 Å². The van der Waals surface area contributed by atoms with Crippen molar-refractivity contribution < 1.29 is 9.18 Å². The lowest BCUT2D eigenvalue weighted by atomic mass is 10.00. The van der Waals surface area contributed by atoms with Crippen LogP contribution in [0.1, 0.15) is 25.2 Å². The van der Waals surface area contributed by atoms with Gasteiger partial charge in [-0.3, -0.25) is 4.79 Å². The molecule has 2 N–H and O–H groups in total. The number of hydrogen-bond donors (Lipinski definition) is 2. The molecular formula is C20H22ClFN4O. The number of carbonyl (C=O) groups excluding carboxylic acids is 1. The molecule has 2 aromatic carbocycles. The molecule has 0 spiro atoms. The van der Waals surface area contributed by atoms with Crippen LogP contribution in [0.5, 0.6) is 0 Å². The first kappa shape index (κ1) is 19.3. The van der Waals surface area contributed by atoms with Gasteiger partial charge in [0.2, 0.25) is 5.91 Å². The Kier molecular flexibility index (Phi) is 5.77. The summed E-state index contributed by atoms with van der Waals surface area (Å²) in [6, 6.07) is 12.0. The van der Waals surface area contributed by atoms with Gasteiger partial charge in [-0.15, -0.1) is 0 Å². The topological polar surface area (TPSA) is 59.0 Å². The monoisotopic (exact) mass is 388 g/mol. The zero-order valence-corrected chi connectivity index (χ0v) is 16.2. The summed E-state index contributed by atoms with van der Waals surface area (Å²) in [5.41, 5.74) is 2.45. The van der Waals surface area contributed by atoms with Crippen LogP contribution < -0.4 is 10.6 Å². The van der Waals surface area contributed by atoms with E-state index in [0.29, 0.717) is 12.1 Å². The van der Waals surface area contributed by atoms with Gasteiger partial charge in [0.15, 0.2) is 0 Å². The van der Waals surface area contributed by atoms with E-state index in [2.05, 4.69) is 10.6 Å². The van der Waals surface area contributed by atoms with Crippen LogP contribution in [0.2, 0.25) is 5.02 Å². The Morgan fingerprint density at radius 3 is 2.70 bits per heavy atom. The molecule has 1 aromatic heterocycles. The number of halogens is 2. The molecule has 7 heteroatoms. The van der Waals surface area contributed by atoms with Gasteiger partial charge in [-0.05, 0) is 43.8 Å². The second kappa shape index (κ2) is 8.06. The van der Waals surface area contributed by atoms with Crippen molar-refractivity contribution in [2.45, 2.75) is 19.4 Å². The summed E-state index contributed by atoms with van der Waals surface area (Å²) in [5.74, 6) is -0.0780. The Balaban J connectivity index is 1.73. The van der Waals surface area contributed by atoms with E-state index in [1.807, 2.05) is 49.9 Å². The Morgan fingerprint density at radius 2 is 2.04 bits per heavy atom. The van der Waals surface area contributed by atoms with Crippen molar-refractivity contribution in [3.8, 4) is 0 Å². The predicted octanol–water partition coefficient (Wildman–Crippen LogP) is 4.29. The molecule has 5 nitrogen and oxygen atoms in total. The standard InChI is InChI=1S/C20H22ClFN4O/c1-12(20(27)24-13-8-9-15(22)14(21)11-13)10-17(23-2)19-25-16-6-4-5-7-18(16)26(19)3/h4-9,11-12,17,23H,10H2,1-3H3,(H,24,27). The molecule has 142 valence electrons. The second-order valence-corrected chi connectivity index (χ2v) is 7.02. The smallest absolute Gasteiger partial charge is 0.227 e. The first-order chi connectivity index (χ1) is 12.9. The summed E-state index contributed by atoms with van der Waals surface area (Å²) in [5, 5.41) is 6.02. The van der Waals surface area contributed by atoms with Crippen LogP contribution in [-0.2, 0) is 11.8 Å². The van der Waals surface area contributed by atoms with E-state index in [4.69, 9.17) is 16.6 Å². The average molecular weight is 389 g/mol. The normalized spacial score (nSPS) is 13.5. The second-order valence-electron chi connectivity index (χ2n) is 6.61. The van der Waals surface area contributed by atoms with Crippen LogP contribution in [0.15, 0.2) is 42.5 Å². The summed E-state index contributed by atoms with van der Waals surface area (Å²) in [6.45, 7) is 1.85. The number of imidazole rings is 1. The molecule has 3 rings (SSSR count). The zero-order valence-electron chi connectivity index (χ0n) is 15.5. The molecule has 2 unspecified atom stereocenters. The van der Waals surface area contributed by atoms with E-state index in [1.54, 1.807) is 0 Å². The number of carbonyl (C=O) groups is 1. The number of para-hydroxylation sites is 2. The SMILES string of the molecule is CNC(CC(C)C(=O)Nc1ccc(F)c(Cl)c1)c1nc2ccccc2n1C. The van der Waals surface area contributed by atoms with Crippen molar-refractivity contribution >= 4 is 34.2 Å². The maximum atomic E-state index is 13.3. The minimum Gasteiger partial charge on any atom is -0.330 e. The van der Waals surface area contributed by atoms with E-state index in [9.17, 15) is 9.18 Å². The van der Waals surface area contributed by atoms with Gasteiger partial charge in [0.25, 0.3) is 0 Å². The molecule has 27 heavy (non-hydrogen) atoms. The highest BCUT2D eigenvalue weighted by molar-refractivity contribution is 6.31. The number of hydrogen-bond acceptors (Lipinski definition) is 3. The van der Waals surface area contributed by atoms with Crippen LogP contribution in [0.25, 0.3) is 11.0 Å². The number of rotatable bonds is 6. The largest absolute Gasteiger partial charge is 0.330 e. The first-order valence-electron chi connectivity index (χ1n) is 8.75. The number of nitrogens with one attached hydrogen (secondary N) is 2. The van der Waals surface area contributed by atoms with Crippen molar-refractivity contribution in [1.29, 1.82) is 0 Å². The van der Waals surface area contributed by atoms with E-state index >= 15 is 0 Å². The van der Waals surface area contributed by atoms with Crippen LogP contribution in [-0.4, -0.2) is 22.5 Å². The summed E-state index contributed by atoms with van der Waals surface area (Å²) < 4.78 is 15.3. The number of amides is 1. The molecule has 0 aliphatic heterocycles. The summed E-state index contributed by atoms with van der Waals surface area (Å²) >= 11 is 5.77. The number of aromatic nitrogens is 2. The Morgan fingerprint density at radius 1 is 1.30 bits per heavy atom. The van der Waals surface area contributed by atoms with E-state index < -0.39 is 5.82 Å². The molecule has 0 aliphatic rings. The molecule has 0 fully saturated rings. The van der Waals surface area contributed by atoms with E-state index in [1.165, 1.54) is 18.2 Å². The highest BCUT2D eigenvalue weighted by atomic mass is 35.5. The van der Waals surface area contributed by atoms with Crippen LogP contribution in [0.4, 0.5) is 10.1 Å². The third-order valence-corrected chi connectivity index (χ3v) is 5.00. The summed E-state index contributed by atoms with van der Waals surface area (Å²) in [6.07, 6.45) is 0.564. The minimum absolute atomic E-state index is 0.0201. The van der Waals surface area contributed by atoms with Gasteiger partial charge in [0.1, 0.15) is 11.6 Å². The van der Waals surface area contributed by atoms with Crippen LogP contribution in [0, 0.1) is 11.7 Å². The molecule has 0 saturated heterocycles. The third-order valence-electron chi connectivity index (χ3n) is 4.71. The first-order valence-corrected chi connectivity index (χ1v) is 9.13. The Bertz CT molecular complexity index is 972. The zero-order chi connectivity index (χ0) is 19.6. The molecule has 2 atom stereocenters. The summed E-state index contributed by atoms with van der Waals surface area (Å²) in [7, 11) is 3.83. The lowest BCUT2D eigenvalue weighted by molar-refractivity contribution is -0.119. The molecule has 0 aliphatic carbocycles. The van der Waals surface area contributed by atoms with Gasteiger partial charge in [0.05, 0.1) is 22.1 Å². The maximum absolute atomic E-state index is 13.3. The van der Waals surface area contributed by atoms with Gasteiger partial charge in [-0.25, -0.2) is 9.37 Å². The van der Waals surface area contributed by atoms with Crippen molar-refractivity contribution in [2.24, 2.45) is 13.0 Å². The van der Waals surface area contributed by atoms with Crippen LogP contribution >= 0.6 is 11.6 Å². The number of anilines is 1. The summed E-state index contributed by atoms with van der Waals surface area (Å²) in [4.78, 5) is 17.3. The van der Waals surface area contributed by atoms with Gasteiger partial charge < -0.3 is 15.2 Å². The number of nitrogens with zero attached hydrogens (tertiary/aromatic N) is 2. The van der Waals surface area contributed by atoms with Gasteiger partial charge in [0, 0.05) is 18.7 Å². The quantitative estimate of drug-likeness (QED) is 0.662. The average Bonchev–Trinajstić information content (AvgIpc) is 2.99. The fourth-order valence-corrected chi connectivity index (χ4v) is 3.31. The van der Waals surface area contributed by atoms with E-state index in [0.717, 1.165) is 16.9 Å². The van der Waals surface area contributed by atoms with Gasteiger partial charge >= 0.3 is 0 Å².